The number of aliphatic carboxylic acids is 1. The number of carbonyl (C=O) groups is 4. The van der Waals surface area contributed by atoms with E-state index in [1.54, 1.807) is 0 Å². The zero-order chi connectivity index (χ0) is 15.1. The molecule has 4 N–H and O–H groups in total. The van der Waals surface area contributed by atoms with Gasteiger partial charge in [0, 0.05) is 12.4 Å². The Morgan fingerprint density at radius 1 is 1.45 bits per heavy atom. The van der Waals surface area contributed by atoms with Crippen molar-refractivity contribution in [3.8, 4) is 0 Å². The lowest BCUT2D eigenvalue weighted by molar-refractivity contribution is -0.138. The molecule has 1 rings (SSSR count). The number of aromatic amines is 1. The number of H-pyrrole nitrogens is 1. The minimum absolute atomic E-state index is 0.0436. The van der Waals surface area contributed by atoms with E-state index >= 15 is 0 Å². The van der Waals surface area contributed by atoms with Crippen LogP contribution in [-0.2, 0) is 14.4 Å². The quantitative estimate of drug-likeness (QED) is 0.457. The van der Waals surface area contributed by atoms with E-state index in [1.165, 1.54) is 19.3 Å². The number of carboxylic acid groups (broad SMARTS) is 1. The molecule has 108 valence electrons. The Kier molecular flexibility index (Phi) is 5.39. The molecule has 0 radical (unpaired) electrons. The molecule has 0 aliphatic carbocycles. The minimum atomic E-state index is -1.21. The van der Waals surface area contributed by atoms with E-state index in [-0.39, 0.29) is 5.82 Å². The average Bonchev–Trinajstić information content (AvgIpc) is 2.90. The fourth-order valence-corrected chi connectivity index (χ4v) is 1.35. The first-order valence-corrected chi connectivity index (χ1v) is 5.71. The second kappa shape index (κ2) is 7.02. The zero-order valence-electron chi connectivity index (χ0n) is 10.6. The Morgan fingerprint density at radius 2 is 2.15 bits per heavy atom. The van der Waals surface area contributed by atoms with E-state index in [1.807, 2.05) is 0 Å². The molecule has 20 heavy (non-hydrogen) atoms. The van der Waals surface area contributed by atoms with Gasteiger partial charge in [0.1, 0.15) is 12.3 Å². The van der Waals surface area contributed by atoms with Crippen LogP contribution in [0.4, 0.5) is 0 Å². The van der Waals surface area contributed by atoms with Gasteiger partial charge in [-0.3, -0.25) is 14.4 Å². The van der Waals surface area contributed by atoms with Crippen LogP contribution in [0, 0.1) is 0 Å². The number of imidazole rings is 1. The Morgan fingerprint density at radius 3 is 2.65 bits per heavy atom. The maximum atomic E-state index is 11.7. The second-order valence-corrected chi connectivity index (χ2v) is 3.98. The molecule has 0 spiro atoms. The molecule has 9 nitrogen and oxygen atoms in total. The number of carbonyl (C=O) groups excluding carboxylic acids is 3. The molecule has 0 saturated heterocycles. The first kappa shape index (κ1) is 15.3. The summed E-state index contributed by atoms with van der Waals surface area (Å²) < 4.78 is 0. The van der Waals surface area contributed by atoms with Crippen molar-refractivity contribution >= 4 is 24.1 Å². The summed E-state index contributed by atoms with van der Waals surface area (Å²) in [4.78, 5) is 50.7. The van der Waals surface area contributed by atoms with Crippen LogP contribution >= 0.6 is 0 Å². The van der Waals surface area contributed by atoms with Gasteiger partial charge in [-0.05, 0) is 6.92 Å². The highest BCUT2D eigenvalue weighted by Gasteiger charge is 2.21. The Balaban J connectivity index is 2.52. The first-order chi connectivity index (χ1) is 9.43. The van der Waals surface area contributed by atoms with Crippen LogP contribution < -0.4 is 10.6 Å². The van der Waals surface area contributed by atoms with Crippen molar-refractivity contribution in [2.24, 2.45) is 0 Å². The van der Waals surface area contributed by atoms with Crippen LogP contribution in [0.3, 0.4) is 0 Å². The van der Waals surface area contributed by atoms with Crippen LogP contribution in [0.1, 0.15) is 24.0 Å². The normalized spacial score (nSPS) is 13.1. The number of nitrogens with one attached hydrogen (secondary N) is 3. The monoisotopic (exact) mass is 282 g/mol. The van der Waals surface area contributed by atoms with E-state index in [9.17, 15) is 19.2 Å². The number of aromatic nitrogens is 2. The van der Waals surface area contributed by atoms with Gasteiger partial charge in [-0.1, -0.05) is 0 Å². The lowest BCUT2D eigenvalue weighted by Gasteiger charge is -2.16. The lowest BCUT2D eigenvalue weighted by atomic mass is 10.2. The smallest absolute Gasteiger partial charge is 0.305 e. The van der Waals surface area contributed by atoms with Gasteiger partial charge in [0.15, 0.2) is 5.82 Å². The highest BCUT2D eigenvalue weighted by atomic mass is 16.4. The van der Waals surface area contributed by atoms with Gasteiger partial charge in [-0.15, -0.1) is 0 Å². The molecule has 0 aliphatic heterocycles. The Bertz CT molecular complexity index is 499. The van der Waals surface area contributed by atoms with E-state index < -0.39 is 36.3 Å². The van der Waals surface area contributed by atoms with Crippen LogP contribution in [-0.4, -0.2) is 51.2 Å². The molecule has 2 atom stereocenters. The standard InChI is InChI=1S/C11H14N4O5/c1-6(14-11(20)9-12-2-3-13-9)10(19)15-7(5-16)4-8(17)18/h2-3,5-7H,4H2,1H3,(H,12,13)(H,14,20)(H,15,19)(H,17,18)/t6-,7-/m0/s1. The fraction of sp³-hybridized carbons (Fsp3) is 0.364. The van der Waals surface area contributed by atoms with Gasteiger partial charge < -0.3 is 25.5 Å². The number of carboxylic acids is 1. The molecule has 0 aromatic carbocycles. The number of hydrogen-bond acceptors (Lipinski definition) is 5. The summed E-state index contributed by atoms with van der Waals surface area (Å²) in [6.45, 7) is 1.40. The van der Waals surface area contributed by atoms with Gasteiger partial charge in [-0.2, -0.15) is 0 Å². The summed E-state index contributed by atoms with van der Waals surface area (Å²) in [6.07, 6.45) is 2.64. The SMILES string of the molecule is C[C@H](NC(=O)c1ncc[nH]1)C(=O)N[C@H](C=O)CC(=O)O. The van der Waals surface area contributed by atoms with Gasteiger partial charge in [0.2, 0.25) is 5.91 Å². The van der Waals surface area contributed by atoms with Gasteiger partial charge in [0.05, 0.1) is 12.5 Å². The summed E-state index contributed by atoms with van der Waals surface area (Å²) in [5.41, 5.74) is 0. The lowest BCUT2D eigenvalue weighted by Crippen LogP contribution is -2.49. The zero-order valence-corrected chi connectivity index (χ0v) is 10.6. The van der Waals surface area contributed by atoms with Gasteiger partial charge in [0.25, 0.3) is 5.91 Å². The number of nitrogens with zero attached hydrogens (tertiary/aromatic N) is 1. The fourth-order valence-electron chi connectivity index (χ4n) is 1.35. The van der Waals surface area contributed by atoms with Crippen molar-refractivity contribution in [3.63, 3.8) is 0 Å². The van der Waals surface area contributed by atoms with Crippen molar-refractivity contribution in [1.82, 2.24) is 20.6 Å². The molecule has 1 aromatic rings. The van der Waals surface area contributed by atoms with Crippen molar-refractivity contribution in [3.05, 3.63) is 18.2 Å². The molecule has 2 amide bonds. The second-order valence-electron chi connectivity index (χ2n) is 3.98. The van der Waals surface area contributed by atoms with Crippen molar-refractivity contribution in [2.75, 3.05) is 0 Å². The molecular weight excluding hydrogens is 268 g/mol. The molecule has 1 aromatic heterocycles. The summed E-state index contributed by atoms with van der Waals surface area (Å²) in [7, 11) is 0. The topological polar surface area (TPSA) is 141 Å². The number of amides is 2. The summed E-state index contributed by atoms with van der Waals surface area (Å²) >= 11 is 0. The van der Waals surface area contributed by atoms with Crippen LogP contribution in [0.25, 0.3) is 0 Å². The molecular formula is C11H14N4O5. The van der Waals surface area contributed by atoms with E-state index in [4.69, 9.17) is 5.11 Å². The third-order valence-corrected chi connectivity index (χ3v) is 2.34. The van der Waals surface area contributed by atoms with Crippen molar-refractivity contribution in [2.45, 2.75) is 25.4 Å². The van der Waals surface area contributed by atoms with E-state index in [0.29, 0.717) is 6.29 Å². The largest absolute Gasteiger partial charge is 0.481 e. The molecule has 0 bridgehead atoms. The molecule has 0 aliphatic rings. The molecule has 0 saturated carbocycles. The number of rotatable bonds is 7. The number of hydrogen-bond donors (Lipinski definition) is 4. The minimum Gasteiger partial charge on any atom is -0.481 e. The van der Waals surface area contributed by atoms with Gasteiger partial charge >= 0.3 is 5.97 Å². The molecule has 1 heterocycles. The van der Waals surface area contributed by atoms with Crippen LogP contribution in [0.5, 0.6) is 0 Å². The van der Waals surface area contributed by atoms with Gasteiger partial charge in [-0.25, -0.2) is 4.98 Å². The summed E-state index contributed by atoms with van der Waals surface area (Å²) in [5, 5.41) is 13.1. The first-order valence-electron chi connectivity index (χ1n) is 5.71. The molecule has 0 fully saturated rings. The Hall–Kier alpha value is -2.71. The number of aldehydes is 1. The maximum absolute atomic E-state index is 11.7. The summed E-state index contributed by atoms with van der Waals surface area (Å²) in [5.74, 6) is -2.42. The van der Waals surface area contributed by atoms with Crippen LogP contribution in [0.15, 0.2) is 12.4 Å². The maximum Gasteiger partial charge on any atom is 0.305 e. The highest BCUT2D eigenvalue weighted by molar-refractivity contribution is 5.95. The van der Waals surface area contributed by atoms with Crippen molar-refractivity contribution in [1.29, 1.82) is 0 Å². The Labute approximate surface area is 113 Å². The summed E-state index contributed by atoms with van der Waals surface area (Å²) in [6, 6.07) is -2.08. The highest BCUT2D eigenvalue weighted by Crippen LogP contribution is 1.94. The molecule has 0 unspecified atom stereocenters. The van der Waals surface area contributed by atoms with Crippen LogP contribution in [0.2, 0.25) is 0 Å². The predicted octanol–water partition coefficient (Wildman–Crippen LogP) is -1.31. The van der Waals surface area contributed by atoms with E-state index in [2.05, 4.69) is 20.6 Å². The molecule has 9 heteroatoms. The van der Waals surface area contributed by atoms with Crippen molar-refractivity contribution < 1.29 is 24.3 Å². The third-order valence-electron chi connectivity index (χ3n) is 2.34. The third kappa shape index (κ3) is 4.52. The predicted molar refractivity (Wildman–Crippen MR) is 65.8 cm³/mol. The van der Waals surface area contributed by atoms with E-state index in [0.717, 1.165) is 0 Å². The average molecular weight is 282 g/mol.